The van der Waals surface area contributed by atoms with Crippen LogP contribution in [0.4, 0.5) is 33.7 Å². The Morgan fingerprint density at radius 1 is 1.03 bits per heavy atom. The first-order chi connectivity index (χ1) is 16.9. The molecule has 2 aromatic carbocycles. The standard InChI is InChI=1S/C23H20F4N4O5/c1-11(2)18(21(33)34)29-20(32)17-10-16(31-36-17)12-6-8-13(9-7-12)28-22(35)30-19-14(23(25,26)27)4-3-5-15(19)24/h3-11,18H,1-2H3,(H,29,32)(H,33,34)(H2,28,30,35). The number of carboxylic acid groups (broad SMARTS) is 1. The summed E-state index contributed by atoms with van der Waals surface area (Å²) in [6.07, 6.45) is -4.87. The molecule has 0 aliphatic carbocycles. The molecule has 0 saturated heterocycles. The molecular formula is C23H20F4N4O5. The molecule has 4 N–H and O–H groups in total. The molecule has 0 fully saturated rings. The summed E-state index contributed by atoms with van der Waals surface area (Å²) in [5.41, 5.74) is -1.48. The lowest BCUT2D eigenvalue weighted by molar-refractivity contribution is -0.140. The summed E-state index contributed by atoms with van der Waals surface area (Å²) in [5, 5.41) is 19.5. The number of aliphatic carboxylic acids is 1. The van der Waals surface area contributed by atoms with E-state index in [-0.39, 0.29) is 23.1 Å². The minimum atomic E-state index is -4.87. The number of urea groups is 1. The second kappa shape index (κ2) is 10.5. The second-order valence-corrected chi connectivity index (χ2v) is 7.93. The van der Waals surface area contributed by atoms with Crippen LogP contribution >= 0.6 is 0 Å². The highest BCUT2D eigenvalue weighted by atomic mass is 19.4. The van der Waals surface area contributed by atoms with Gasteiger partial charge in [-0.1, -0.05) is 37.2 Å². The molecule has 0 aliphatic heterocycles. The zero-order valence-corrected chi connectivity index (χ0v) is 18.8. The van der Waals surface area contributed by atoms with E-state index in [2.05, 4.69) is 15.8 Å². The number of carboxylic acids is 1. The molecular weight excluding hydrogens is 488 g/mol. The van der Waals surface area contributed by atoms with Gasteiger partial charge < -0.3 is 25.6 Å². The number of carbonyl (C=O) groups is 3. The third-order valence-corrected chi connectivity index (χ3v) is 4.95. The highest BCUT2D eigenvalue weighted by molar-refractivity contribution is 6.00. The van der Waals surface area contributed by atoms with Gasteiger partial charge in [-0.05, 0) is 30.2 Å². The topological polar surface area (TPSA) is 134 Å². The number of benzene rings is 2. The zero-order valence-electron chi connectivity index (χ0n) is 18.8. The molecule has 3 rings (SSSR count). The Labute approximate surface area is 201 Å². The monoisotopic (exact) mass is 508 g/mol. The van der Waals surface area contributed by atoms with Gasteiger partial charge in [0.25, 0.3) is 5.91 Å². The number of para-hydroxylation sites is 1. The van der Waals surface area contributed by atoms with Crippen molar-refractivity contribution in [1.29, 1.82) is 0 Å². The van der Waals surface area contributed by atoms with Gasteiger partial charge in [-0.15, -0.1) is 0 Å². The molecule has 0 spiro atoms. The Bertz CT molecular complexity index is 1270. The number of anilines is 2. The average Bonchev–Trinajstić information content (AvgIpc) is 3.28. The van der Waals surface area contributed by atoms with Crippen molar-refractivity contribution in [3.63, 3.8) is 0 Å². The maximum absolute atomic E-state index is 13.9. The molecule has 1 unspecified atom stereocenters. The van der Waals surface area contributed by atoms with Crippen LogP contribution in [0.15, 0.2) is 53.1 Å². The smallest absolute Gasteiger partial charge is 0.418 e. The lowest BCUT2D eigenvalue weighted by atomic mass is 10.0. The summed E-state index contributed by atoms with van der Waals surface area (Å²) in [4.78, 5) is 35.7. The molecule has 3 aromatic rings. The average molecular weight is 508 g/mol. The highest BCUT2D eigenvalue weighted by Gasteiger charge is 2.35. The van der Waals surface area contributed by atoms with Crippen LogP contribution in [0, 0.1) is 11.7 Å². The number of hydrogen-bond donors (Lipinski definition) is 4. The van der Waals surface area contributed by atoms with E-state index in [1.807, 2.05) is 5.32 Å². The van der Waals surface area contributed by atoms with E-state index >= 15 is 0 Å². The van der Waals surface area contributed by atoms with Crippen molar-refractivity contribution in [2.75, 3.05) is 10.6 Å². The van der Waals surface area contributed by atoms with Gasteiger partial charge >= 0.3 is 18.2 Å². The van der Waals surface area contributed by atoms with E-state index in [9.17, 15) is 37.1 Å². The van der Waals surface area contributed by atoms with Gasteiger partial charge in [0, 0.05) is 17.3 Å². The summed E-state index contributed by atoms with van der Waals surface area (Å²) < 4.78 is 58.2. The molecule has 0 saturated carbocycles. The quantitative estimate of drug-likeness (QED) is 0.333. The fourth-order valence-corrected chi connectivity index (χ4v) is 3.13. The molecule has 13 heteroatoms. The van der Waals surface area contributed by atoms with Crippen LogP contribution in [-0.2, 0) is 11.0 Å². The summed E-state index contributed by atoms with van der Waals surface area (Å²) in [7, 11) is 0. The predicted octanol–water partition coefficient (Wildman–Crippen LogP) is 4.98. The number of amides is 3. The molecule has 1 atom stereocenters. The van der Waals surface area contributed by atoms with Gasteiger partial charge in [0.05, 0.1) is 11.3 Å². The third kappa shape index (κ3) is 6.17. The summed E-state index contributed by atoms with van der Waals surface area (Å²) in [6, 6.07) is 7.14. The number of nitrogens with one attached hydrogen (secondary N) is 3. The Kier molecular flexibility index (Phi) is 7.61. The number of carbonyl (C=O) groups excluding carboxylic acids is 2. The third-order valence-electron chi connectivity index (χ3n) is 4.95. The zero-order chi connectivity index (χ0) is 26.6. The summed E-state index contributed by atoms with van der Waals surface area (Å²) in [5.74, 6) is -3.80. The van der Waals surface area contributed by atoms with Gasteiger partial charge in [-0.3, -0.25) is 4.79 Å². The number of hydrogen-bond acceptors (Lipinski definition) is 5. The molecule has 0 radical (unpaired) electrons. The minimum Gasteiger partial charge on any atom is -0.480 e. The van der Waals surface area contributed by atoms with Crippen molar-refractivity contribution in [3.05, 3.63) is 65.7 Å². The van der Waals surface area contributed by atoms with Gasteiger partial charge in [0.2, 0.25) is 5.76 Å². The molecule has 1 aromatic heterocycles. The van der Waals surface area contributed by atoms with Crippen LogP contribution in [0.1, 0.15) is 30.0 Å². The largest absolute Gasteiger partial charge is 0.480 e. The van der Waals surface area contributed by atoms with Crippen LogP contribution in [0.5, 0.6) is 0 Å². The predicted molar refractivity (Wildman–Crippen MR) is 120 cm³/mol. The van der Waals surface area contributed by atoms with Crippen LogP contribution in [0.25, 0.3) is 11.3 Å². The number of rotatable bonds is 7. The second-order valence-electron chi connectivity index (χ2n) is 7.93. The summed E-state index contributed by atoms with van der Waals surface area (Å²) >= 11 is 0. The van der Waals surface area contributed by atoms with E-state index in [4.69, 9.17) is 4.52 Å². The van der Waals surface area contributed by atoms with Crippen LogP contribution in [0.3, 0.4) is 0 Å². The van der Waals surface area contributed by atoms with E-state index in [0.717, 1.165) is 12.1 Å². The highest BCUT2D eigenvalue weighted by Crippen LogP contribution is 2.36. The van der Waals surface area contributed by atoms with Crippen LogP contribution < -0.4 is 16.0 Å². The Hall–Kier alpha value is -4.42. The van der Waals surface area contributed by atoms with E-state index in [1.165, 1.54) is 30.3 Å². The molecule has 36 heavy (non-hydrogen) atoms. The Morgan fingerprint density at radius 3 is 2.28 bits per heavy atom. The van der Waals surface area contributed by atoms with Crippen molar-refractivity contribution >= 4 is 29.3 Å². The van der Waals surface area contributed by atoms with Crippen molar-refractivity contribution < 1.29 is 41.6 Å². The molecule has 190 valence electrons. The first kappa shape index (κ1) is 26.2. The fraction of sp³-hybridized carbons (Fsp3) is 0.217. The van der Waals surface area contributed by atoms with Gasteiger partial charge in [-0.2, -0.15) is 13.2 Å². The van der Waals surface area contributed by atoms with E-state index < -0.39 is 47.2 Å². The van der Waals surface area contributed by atoms with E-state index in [1.54, 1.807) is 13.8 Å². The maximum atomic E-state index is 13.9. The minimum absolute atomic E-state index is 0.170. The SMILES string of the molecule is CC(C)C(NC(=O)c1cc(-c2ccc(NC(=O)Nc3c(F)cccc3C(F)(F)F)cc2)no1)C(=O)O. The van der Waals surface area contributed by atoms with E-state index in [0.29, 0.717) is 11.6 Å². The Balaban J connectivity index is 1.68. The first-order valence-electron chi connectivity index (χ1n) is 10.4. The first-order valence-corrected chi connectivity index (χ1v) is 10.4. The van der Waals surface area contributed by atoms with Gasteiger partial charge in [0.1, 0.15) is 17.6 Å². The number of aromatic nitrogens is 1. The van der Waals surface area contributed by atoms with Crippen LogP contribution in [0.2, 0.25) is 0 Å². The van der Waals surface area contributed by atoms with Crippen LogP contribution in [-0.4, -0.2) is 34.2 Å². The molecule has 3 amide bonds. The van der Waals surface area contributed by atoms with Gasteiger partial charge in [0.15, 0.2) is 0 Å². The molecule has 0 bridgehead atoms. The lowest BCUT2D eigenvalue weighted by Gasteiger charge is -2.16. The van der Waals surface area contributed by atoms with Crippen molar-refractivity contribution in [2.24, 2.45) is 5.92 Å². The number of halogens is 4. The lowest BCUT2D eigenvalue weighted by Crippen LogP contribution is -2.44. The van der Waals surface area contributed by atoms with Gasteiger partial charge in [-0.25, -0.2) is 14.0 Å². The van der Waals surface area contributed by atoms with Crippen molar-refractivity contribution in [3.8, 4) is 11.3 Å². The number of alkyl halides is 3. The molecule has 1 heterocycles. The summed E-state index contributed by atoms with van der Waals surface area (Å²) in [6.45, 7) is 3.26. The van der Waals surface area contributed by atoms with Crippen molar-refractivity contribution in [1.82, 2.24) is 10.5 Å². The maximum Gasteiger partial charge on any atom is 0.418 e. The fourth-order valence-electron chi connectivity index (χ4n) is 3.13. The normalized spacial score (nSPS) is 12.2. The Morgan fingerprint density at radius 2 is 1.69 bits per heavy atom. The number of nitrogens with zero attached hydrogens (tertiary/aromatic N) is 1. The van der Waals surface area contributed by atoms with Crippen molar-refractivity contribution in [2.45, 2.75) is 26.1 Å². The molecule has 9 nitrogen and oxygen atoms in total. The molecule has 0 aliphatic rings.